The minimum Gasteiger partial charge on any atom is -0.491 e. The van der Waals surface area contributed by atoms with Gasteiger partial charge in [0.1, 0.15) is 24.2 Å². The van der Waals surface area contributed by atoms with Crippen LogP contribution in [0.4, 0.5) is 0 Å². The molecule has 5 heteroatoms. The van der Waals surface area contributed by atoms with Gasteiger partial charge in [0.2, 0.25) is 0 Å². The van der Waals surface area contributed by atoms with E-state index in [4.69, 9.17) is 18.7 Å². The van der Waals surface area contributed by atoms with Gasteiger partial charge in [-0.1, -0.05) is 23.4 Å². The van der Waals surface area contributed by atoms with E-state index >= 15 is 0 Å². The third kappa shape index (κ3) is 4.18. The molecule has 0 bridgehead atoms. The molecule has 1 saturated heterocycles. The van der Waals surface area contributed by atoms with Crippen molar-refractivity contribution >= 4 is 12.2 Å². The maximum Gasteiger partial charge on any atom is 0.160 e. The zero-order chi connectivity index (χ0) is 14.5. The monoisotopic (exact) mass is 287 g/mol. The molecule has 1 atom stereocenters. The summed E-state index contributed by atoms with van der Waals surface area (Å²) in [6, 6.07) is 9.72. The van der Waals surface area contributed by atoms with Crippen molar-refractivity contribution in [3.63, 3.8) is 0 Å². The van der Waals surface area contributed by atoms with Crippen molar-refractivity contribution in [2.45, 2.75) is 12.7 Å². The molecule has 0 spiro atoms. The highest BCUT2D eigenvalue weighted by Crippen LogP contribution is 2.17. The van der Waals surface area contributed by atoms with Gasteiger partial charge in [-0.05, 0) is 23.8 Å². The first kappa shape index (κ1) is 13.9. The van der Waals surface area contributed by atoms with Crippen LogP contribution >= 0.6 is 0 Å². The van der Waals surface area contributed by atoms with Gasteiger partial charge in [0.15, 0.2) is 5.76 Å². The molecule has 0 amide bonds. The molecule has 2 aromatic rings. The summed E-state index contributed by atoms with van der Waals surface area (Å²) in [5, 5.41) is 3.90. The minimum atomic E-state index is 0.275. The lowest BCUT2D eigenvalue weighted by molar-refractivity contribution is 0.177. The average molecular weight is 287 g/mol. The van der Waals surface area contributed by atoms with E-state index in [1.807, 2.05) is 42.5 Å². The lowest BCUT2D eigenvalue weighted by Gasteiger charge is -2.03. The summed E-state index contributed by atoms with van der Waals surface area (Å²) in [6.45, 7) is 1.88. The molecule has 1 unspecified atom stereocenters. The van der Waals surface area contributed by atoms with E-state index in [1.54, 1.807) is 7.11 Å². The summed E-state index contributed by atoms with van der Waals surface area (Å²) >= 11 is 0. The van der Waals surface area contributed by atoms with Gasteiger partial charge in [0, 0.05) is 13.2 Å². The van der Waals surface area contributed by atoms with E-state index in [0.717, 1.165) is 23.6 Å². The van der Waals surface area contributed by atoms with Gasteiger partial charge in [0.25, 0.3) is 0 Å². The quantitative estimate of drug-likeness (QED) is 0.733. The van der Waals surface area contributed by atoms with Gasteiger partial charge >= 0.3 is 0 Å². The first-order valence-corrected chi connectivity index (χ1v) is 6.80. The van der Waals surface area contributed by atoms with E-state index in [0.29, 0.717) is 19.0 Å². The highest BCUT2D eigenvalue weighted by atomic mass is 16.6. The predicted octanol–water partition coefficient (Wildman–Crippen LogP) is 2.77. The number of methoxy groups -OCH3 is 1. The SMILES string of the molecule is COCc1cc(/C=C/c2ccc(OCC3CO3)cc2)on1. The average Bonchev–Trinajstić information content (AvgIpc) is 3.24. The van der Waals surface area contributed by atoms with E-state index in [1.165, 1.54) is 0 Å². The van der Waals surface area contributed by atoms with Crippen molar-refractivity contribution in [2.75, 3.05) is 20.3 Å². The van der Waals surface area contributed by atoms with Crippen LogP contribution < -0.4 is 4.74 Å². The second-order valence-corrected chi connectivity index (χ2v) is 4.82. The third-order valence-corrected chi connectivity index (χ3v) is 3.03. The Kier molecular flexibility index (Phi) is 4.33. The number of benzene rings is 1. The Hall–Kier alpha value is -2.11. The number of nitrogens with zero attached hydrogens (tertiary/aromatic N) is 1. The number of hydrogen-bond acceptors (Lipinski definition) is 5. The van der Waals surface area contributed by atoms with Gasteiger partial charge in [-0.15, -0.1) is 0 Å². The Bertz CT molecular complexity index is 599. The number of epoxide rings is 1. The Morgan fingerprint density at radius 2 is 2.10 bits per heavy atom. The van der Waals surface area contributed by atoms with Gasteiger partial charge < -0.3 is 18.7 Å². The van der Waals surface area contributed by atoms with Gasteiger partial charge in [-0.3, -0.25) is 0 Å². The number of hydrogen-bond donors (Lipinski definition) is 0. The second kappa shape index (κ2) is 6.56. The fourth-order valence-corrected chi connectivity index (χ4v) is 1.83. The molecular weight excluding hydrogens is 270 g/mol. The molecular formula is C16H17NO4. The maximum absolute atomic E-state index is 5.59. The molecule has 1 fully saturated rings. The molecule has 21 heavy (non-hydrogen) atoms. The molecule has 0 radical (unpaired) electrons. The van der Waals surface area contributed by atoms with E-state index in [-0.39, 0.29) is 6.10 Å². The lowest BCUT2D eigenvalue weighted by atomic mass is 10.2. The molecule has 1 aliphatic heterocycles. The Balaban J connectivity index is 1.56. The summed E-state index contributed by atoms with van der Waals surface area (Å²) in [6.07, 6.45) is 4.11. The summed E-state index contributed by atoms with van der Waals surface area (Å²) in [7, 11) is 1.63. The zero-order valence-corrected chi connectivity index (χ0v) is 11.8. The Labute approximate surface area is 123 Å². The van der Waals surface area contributed by atoms with Crippen molar-refractivity contribution in [1.82, 2.24) is 5.16 Å². The molecule has 0 N–H and O–H groups in total. The van der Waals surface area contributed by atoms with Crippen LogP contribution in [-0.2, 0) is 16.1 Å². The summed E-state index contributed by atoms with van der Waals surface area (Å²) in [4.78, 5) is 0. The first-order valence-electron chi connectivity index (χ1n) is 6.80. The van der Waals surface area contributed by atoms with Crippen molar-refractivity contribution in [2.24, 2.45) is 0 Å². The fraction of sp³-hybridized carbons (Fsp3) is 0.312. The van der Waals surface area contributed by atoms with Crippen LogP contribution in [0.3, 0.4) is 0 Å². The van der Waals surface area contributed by atoms with Crippen molar-refractivity contribution in [3.05, 3.63) is 47.3 Å². The molecule has 0 aliphatic carbocycles. The molecule has 0 saturated carbocycles. The molecule has 1 aliphatic rings. The highest BCUT2D eigenvalue weighted by Gasteiger charge is 2.22. The molecule has 110 valence electrons. The standard InChI is InChI=1S/C16H17NO4/c1-18-9-13-8-15(21-17-13)7-4-12-2-5-14(6-3-12)19-10-16-11-20-16/h2-8,16H,9-11H2,1H3/b7-4+. The molecule has 2 heterocycles. The van der Waals surface area contributed by atoms with Gasteiger partial charge in [-0.25, -0.2) is 0 Å². The smallest absolute Gasteiger partial charge is 0.160 e. The van der Waals surface area contributed by atoms with Crippen molar-refractivity contribution in [1.29, 1.82) is 0 Å². The Morgan fingerprint density at radius 1 is 1.29 bits per heavy atom. The predicted molar refractivity (Wildman–Crippen MR) is 77.8 cm³/mol. The number of ether oxygens (including phenoxy) is 3. The van der Waals surface area contributed by atoms with Crippen LogP contribution in [0.5, 0.6) is 5.75 Å². The van der Waals surface area contributed by atoms with Crippen LogP contribution in [-0.4, -0.2) is 31.6 Å². The van der Waals surface area contributed by atoms with Crippen LogP contribution in [0.1, 0.15) is 17.0 Å². The topological polar surface area (TPSA) is 57.0 Å². The van der Waals surface area contributed by atoms with Gasteiger partial charge in [-0.2, -0.15) is 0 Å². The third-order valence-electron chi connectivity index (χ3n) is 3.03. The van der Waals surface area contributed by atoms with Crippen LogP contribution in [0.2, 0.25) is 0 Å². The van der Waals surface area contributed by atoms with E-state index < -0.39 is 0 Å². The van der Waals surface area contributed by atoms with Crippen molar-refractivity contribution in [3.8, 4) is 5.75 Å². The molecule has 1 aromatic carbocycles. The highest BCUT2D eigenvalue weighted by molar-refractivity contribution is 5.67. The Morgan fingerprint density at radius 3 is 2.81 bits per heavy atom. The lowest BCUT2D eigenvalue weighted by Crippen LogP contribution is -2.03. The first-order chi connectivity index (χ1) is 10.3. The maximum atomic E-state index is 5.59. The second-order valence-electron chi connectivity index (χ2n) is 4.82. The summed E-state index contributed by atoms with van der Waals surface area (Å²) < 4.78 is 20.9. The van der Waals surface area contributed by atoms with Crippen molar-refractivity contribution < 1.29 is 18.7 Å². The van der Waals surface area contributed by atoms with E-state index in [2.05, 4.69) is 5.16 Å². The largest absolute Gasteiger partial charge is 0.491 e. The normalized spacial score (nSPS) is 17.3. The summed E-state index contributed by atoms with van der Waals surface area (Å²) in [5.74, 6) is 1.55. The van der Waals surface area contributed by atoms with Gasteiger partial charge in [0.05, 0.1) is 13.2 Å². The van der Waals surface area contributed by atoms with E-state index in [9.17, 15) is 0 Å². The van der Waals surface area contributed by atoms with Crippen LogP contribution in [0, 0.1) is 0 Å². The number of aromatic nitrogens is 1. The zero-order valence-electron chi connectivity index (χ0n) is 11.8. The molecule has 3 rings (SSSR count). The minimum absolute atomic E-state index is 0.275. The number of rotatable bonds is 7. The van der Waals surface area contributed by atoms with Crippen LogP contribution in [0.15, 0.2) is 34.9 Å². The fourth-order valence-electron chi connectivity index (χ4n) is 1.83. The van der Waals surface area contributed by atoms with Crippen LogP contribution in [0.25, 0.3) is 12.2 Å². The molecule has 1 aromatic heterocycles. The summed E-state index contributed by atoms with van der Waals surface area (Å²) in [5.41, 5.74) is 1.85. The molecule has 5 nitrogen and oxygen atoms in total.